The lowest BCUT2D eigenvalue weighted by molar-refractivity contribution is 0.705. The molecule has 0 saturated heterocycles. The summed E-state index contributed by atoms with van der Waals surface area (Å²) in [5.41, 5.74) is 5.61. The Morgan fingerprint density at radius 2 is 1.82 bits per heavy atom. The highest BCUT2D eigenvalue weighted by Crippen LogP contribution is 2.18. The Kier molecular flexibility index (Phi) is 5.99. The second kappa shape index (κ2) is 7.29. The van der Waals surface area contributed by atoms with Crippen molar-refractivity contribution in [3.8, 4) is 0 Å². The Morgan fingerprint density at radius 1 is 1.18 bits per heavy atom. The van der Waals surface area contributed by atoms with Gasteiger partial charge in [-0.3, -0.25) is 0 Å². The first-order valence-corrected chi connectivity index (χ1v) is 6.65. The van der Waals surface area contributed by atoms with Gasteiger partial charge in [-0.15, -0.1) is 0 Å². The number of nitrogens with one attached hydrogen (secondary N) is 1. The van der Waals surface area contributed by atoms with E-state index in [9.17, 15) is 0 Å². The Morgan fingerprint density at radius 3 is 2.35 bits per heavy atom. The number of rotatable bonds is 6. The fourth-order valence-electron chi connectivity index (χ4n) is 1.96. The first kappa shape index (κ1) is 14.0. The van der Waals surface area contributed by atoms with Crippen molar-refractivity contribution in [2.45, 2.75) is 40.5 Å². The van der Waals surface area contributed by atoms with E-state index in [1.165, 1.54) is 28.7 Å². The predicted molar refractivity (Wildman–Crippen MR) is 77.3 cm³/mol. The van der Waals surface area contributed by atoms with E-state index in [0.717, 1.165) is 19.5 Å². The zero-order chi connectivity index (χ0) is 12.7. The van der Waals surface area contributed by atoms with Crippen LogP contribution in [0.15, 0.2) is 23.8 Å². The minimum atomic E-state index is 1.01. The van der Waals surface area contributed by atoms with E-state index in [2.05, 4.69) is 57.3 Å². The van der Waals surface area contributed by atoms with Crippen LogP contribution in [0.4, 0.5) is 0 Å². The van der Waals surface area contributed by atoms with Crippen LogP contribution in [0, 0.1) is 13.8 Å². The molecule has 1 heteroatoms. The van der Waals surface area contributed by atoms with Gasteiger partial charge >= 0.3 is 0 Å². The van der Waals surface area contributed by atoms with Gasteiger partial charge in [0.25, 0.3) is 0 Å². The smallest absolute Gasteiger partial charge is 0.0167 e. The number of hydrogen-bond donors (Lipinski definition) is 1. The van der Waals surface area contributed by atoms with Crippen LogP contribution in [0.2, 0.25) is 0 Å². The van der Waals surface area contributed by atoms with E-state index >= 15 is 0 Å². The molecule has 94 valence electrons. The second-order valence-corrected chi connectivity index (χ2v) is 4.64. The van der Waals surface area contributed by atoms with Crippen molar-refractivity contribution < 1.29 is 0 Å². The van der Waals surface area contributed by atoms with Gasteiger partial charge in [0.15, 0.2) is 0 Å². The number of hydrogen-bond acceptors (Lipinski definition) is 1. The maximum absolute atomic E-state index is 3.48. The standard InChI is InChI=1S/C16H25N/c1-5-10-17-12-15(6-2)11-16-13(3)8-7-9-14(16)4/h7-9,11,17H,5-6,10,12H2,1-4H3/b15-11+. The lowest BCUT2D eigenvalue weighted by atomic mass is 9.99. The van der Waals surface area contributed by atoms with Gasteiger partial charge in [-0.05, 0) is 49.9 Å². The summed E-state index contributed by atoms with van der Waals surface area (Å²) in [5, 5.41) is 3.48. The van der Waals surface area contributed by atoms with Gasteiger partial charge < -0.3 is 5.32 Å². The van der Waals surface area contributed by atoms with Crippen LogP contribution in [0.3, 0.4) is 0 Å². The van der Waals surface area contributed by atoms with Crippen LogP contribution in [0.1, 0.15) is 43.4 Å². The molecule has 1 nitrogen and oxygen atoms in total. The average Bonchev–Trinajstić information content (AvgIpc) is 2.32. The van der Waals surface area contributed by atoms with E-state index in [4.69, 9.17) is 0 Å². The summed E-state index contributed by atoms with van der Waals surface area (Å²) in [6, 6.07) is 6.50. The highest BCUT2D eigenvalue weighted by atomic mass is 14.8. The van der Waals surface area contributed by atoms with Crippen molar-refractivity contribution >= 4 is 6.08 Å². The third kappa shape index (κ3) is 4.35. The summed E-state index contributed by atoms with van der Waals surface area (Å²) in [6.45, 7) is 10.9. The molecule has 1 N–H and O–H groups in total. The van der Waals surface area contributed by atoms with Crippen LogP contribution in [0.5, 0.6) is 0 Å². The molecular formula is C16H25N. The molecule has 0 amide bonds. The number of aryl methyl sites for hydroxylation is 2. The molecule has 0 aliphatic heterocycles. The van der Waals surface area contributed by atoms with E-state index in [0.29, 0.717) is 0 Å². The van der Waals surface area contributed by atoms with Gasteiger partial charge in [0.2, 0.25) is 0 Å². The van der Waals surface area contributed by atoms with Gasteiger partial charge in [-0.25, -0.2) is 0 Å². The number of benzene rings is 1. The van der Waals surface area contributed by atoms with Gasteiger partial charge in [-0.1, -0.05) is 43.7 Å². The highest BCUT2D eigenvalue weighted by molar-refractivity contribution is 5.60. The molecule has 0 unspecified atom stereocenters. The Labute approximate surface area is 106 Å². The third-order valence-corrected chi connectivity index (χ3v) is 3.12. The highest BCUT2D eigenvalue weighted by Gasteiger charge is 2.01. The zero-order valence-electron chi connectivity index (χ0n) is 11.6. The molecule has 1 rings (SSSR count). The largest absolute Gasteiger partial charge is 0.313 e. The summed E-state index contributed by atoms with van der Waals surface area (Å²) in [6.07, 6.45) is 4.66. The monoisotopic (exact) mass is 231 g/mol. The van der Waals surface area contributed by atoms with Crippen LogP contribution in [-0.2, 0) is 0 Å². The van der Waals surface area contributed by atoms with Crippen LogP contribution < -0.4 is 5.32 Å². The summed E-state index contributed by atoms with van der Waals surface area (Å²) in [5.74, 6) is 0. The fourth-order valence-corrected chi connectivity index (χ4v) is 1.96. The van der Waals surface area contributed by atoms with Crippen molar-refractivity contribution in [2.75, 3.05) is 13.1 Å². The van der Waals surface area contributed by atoms with Gasteiger partial charge in [-0.2, -0.15) is 0 Å². The van der Waals surface area contributed by atoms with Gasteiger partial charge in [0, 0.05) is 6.54 Å². The van der Waals surface area contributed by atoms with Crippen molar-refractivity contribution in [3.63, 3.8) is 0 Å². The molecule has 0 fully saturated rings. The molecule has 17 heavy (non-hydrogen) atoms. The molecule has 0 spiro atoms. The lowest BCUT2D eigenvalue weighted by Gasteiger charge is -2.10. The molecule has 1 aromatic carbocycles. The maximum Gasteiger partial charge on any atom is 0.0167 e. The van der Waals surface area contributed by atoms with Crippen LogP contribution >= 0.6 is 0 Å². The Balaban J connectivity index is 2.83. The maximum atomic E-state index is 3.48. The minimum absolute atomic E-state index is 1.01. The Hall–Kier alpha value is -1.08. The molecule has 0 aromatic heterocycles. The molecule has 1 aromatic rings. The molecule has 0 heterocycles. The zero-order valence-corrected chi connectivity index (χ0v) is 11.6. The summed E-state index contributed by atoms with van der Waals surface area (Å²) in [4.78, 5) is 0. The summed E-state index contributed by atoms with van der Waals surface area (Å²) in [7, 11) is 0. The lowest BCUT2D eigenvalue weighted by Crippen LogP contribution is -2.17. The molecule has 0 aliphatic carbocycles. The summed E-state index contributed by atoms with van der Waals surface area (Å²) >= 11 is 0. The molecule has 0 saturated carbocycles. The van der Waals surface area contributed by atoms with Crippen LogP contribution in [-0.4, -0.2) is 13.1 Å². The molecule has 0 radical (unpaired) electrons. The van der Waals surface area contributed by atoms with Gasteiger partial charge in [0.05, 0.1) is 0 Å². The summed E-state index contributed by atoms with van der Waals surface area (Å²) < 4.78 is 0. The van der Waals surface area contributed by atoms with Crippen LogP contribution in [0.25, 0.3) is 6.08 Å². The van der Waals surface area contributed by atoms with Crippen molar-refractivity contribution in [1.82, 2.24) is 5.32 Å². The minimum Gasteiger partial charge on any atom is -0.313 e. The first-order chi connectivity index (χ1) is 8.19. The van der Waals surface area contributed by atoms with Gasteiger partial charge in [0.1, 0.15) is 0 Å². The quantitative estimate of drug-likeness (QED) is 0.727. The SMILES string of the molecule is CCCNC/C(=C/c1c(C)cccc1C)CC. The van der Waals surface area contributed by atoms with E-state index in [-0.39, 0.29) is 0 Å². The van der Waals surface area contributed by atoms with Crippen molar-refractivity contribution in [3.05, 3.63) is 40.5 Å². The second-order valence-electron chi connectivity index (χ2n) is 4.64. The molecule has 0 aliphatic rings. The molecule has 0 bridgehead atoms. The average molecular weight is 231 g/mol. The normalized spacial score (nSPS) is 11.9. The fraction of sp³-hybridized carbons (Fsp3) is 0.500. The Bertz CT molecular complexity index is 357. The molecular weight excluding hydrogens is 206 g/mol. The molecule has 0 atom stereocenters. The topological polar surface area (TPSA) is 12.0 Å². The first-order valence-electron chi connectivity index (χ1n) is 6.65. The van der Waals surface area contributed by atoms with Crippen molar-refractivity contribution in [1.29, 1.82) is 0 Å². The predicted octanol–water partition coefficient (Wildman–Crippen LogP) is 4.10. The third-order valence-electron chi connectivity index (χ3n) is 3.12. The van der Waals surface area contributed by atoms with E-state index in [1.54, 1.807) is 0 Å². The van der Waals surface area contributed by atoms with E-state index < -0.39 is 0 Å². The van der Waals surface area contributed by atoms with E-state index in [1.807, 2.05) is 0 Å². The van der Waals surface area contributed by atoms with Crippen molar-refractivity contribution in [2.24, 2.45) is 0 Å².